The van der Waals surface area contributed by atoms with E-state index >= 15 is 0 Å². The van der Waals surface area contributed by atoms with Crippen LogP contribution in [0.5, 0.6) is 0 Å². The lowest BCUT2D eigenvalue weighted by molar-refractivity contribution is 0.00935. The third-order valence-corrected chi connectivity index (χ3v) is 3.73. The van der Waals surface area contributed by atoms with E-state index in [0.717, 1.165) is 0 Å². The summed E-state index contributed by atoms with van der Waals surface area (Å²) < 4.78 is 31.6. The first-order valence-electron chi connectivity index (χ1n) is 3.90. The second-order valence-corrected chi connectivity index (χ2v) is 4.65. The van der Waals surface area contributed by atoms with Gasteiger partial charge in [-0.05, 0) is 0 Å². The van der Waals surface area contributed by atoms with E-state index < -0.39 is 15.5 Å². The zero-order valence-corrected chi connectivity index (χ0v) is 7.42. The summed E-state index contributed by atoms with van der Waals surface area (Å²) in [5.74, 6) is 0. The number of hydrogen-bond acceptors (Lipinski definition) is 5. The molecular formula is C6H11NO4S. The highest BCUT2D eigenvalue weighted by molar-refractivity contribution is 7.88. The van der Waals surface area contributed by atoms with Gasteiger partial charge in [0.05, 0.1) is 19.8 Å². The molecule has 0 aromatic rings. The summed E-state index contributed by atoms with van der Waals surface area (Å²) in [6, 6.07) is 0. The number of morpholine rings is 1. The molecule has 2 heterocycles. The average molecular weight is 193 g/mol. The van der Waals surface area contributed by atoms with Crippen LogP contribution < -0.4 is 0 Å². The Kier molecular flexibility index (Phi) is 2.07. The van der Waals surface area contributed by atoms with Gasteiger partial charge in [0.1, 0.15) is 0 Å². The lowest BCUT2D eigenvalue weighted by Crippen LogP contribution is -2.55. The second kappa shape index (κ2) is 2.95. The standard InChI is InChI=1S/C6H11NO4S/c8-12(9)6(5-11-12)7-1-3-10-4-2-7/h6H,1-5H2. The number of hydrogen-bond donors (Lipinski definition) is 0. The first-order valence-corrected chi connectivity index (χ1v) is 5.37. The van der Waals surface area contributed by atoms with E-state index in [2.05, 4.69) is 4.18 Å². The van der Waals surface area contributed by atoms with Crippen molar-refractivity contribution in [2.45, 2.75) is 5.37 Å². The highest BCUT2D eigenvalue weighted by Gasteiger charge is 2.42. The Balaban J connectivity index is 2.00. The Morgan fingerprint density at radius 1 is 1.25 bits per heavy atom. The van der Waals surface area contributed by atoms with Crippen LogP contribution in [0.1, 0.15) is 0 Å². The summed E-state index contributed by atoms with van der Waals surface area (Å²) in [5, 5.41) is -0.415. The van der Waals surface area contributed by atoms with Crippen LogP contribution in [0.4, 0.5) is 0 Å². The fraction of sp³-hybridized carbons (Fsp3) is 1.00. The molecule has 12 heavy (non-hydrogen) atoms. The molecule has 0 saturated carbocycles. The van der Waals surface area contributed by atoms with E-state index in [1.165, 1.54) is 0 Å². The van der Waals surface area contributed by atoms with E-state index in [1.807, 2.05) is 4.90 Å². The van der Waals surface area contributed by atoms with E-state index in [1.54, 1.807) is 0 Å². The molecule has 2 fully saturated rings. The molecule has 0 amide bonds. The Morgan fingerprint density at radius 3 is 2.33 bits per heavy atom. The second-order valence-electron chi connectivity index (χ2n) is 2.88. The molecule has 0 radical (unpaired) electrons. The molecule has 0 N–H and O–H groups in total. The van der Waals surface area contributed by atoms with Crippen LogP contribution in [0.25, 0.3) is 0 Å². The molecule has 2 aliphatic heterocycles. The van der Waals surface area contributed by atoms with Crippen LogP contribution >= 0.6 is 0 Å². The lowest BCUT2D eigenvalue weighted by Gasteiger charge is -2.37. The van der Waals surface area contributed by atoms with Gasteiger partial charge in [0, 0.05) is 13.1 Å². The maximum Gasteiger partial charge on any atom is 0.286 e. The molecule has 0 spiro atoms. The predicted octanol–water partition coefficient (Wildman–Crippen LogP) is -0.995. The molecule has 0 aliphatic carbocycles. The first-order chi connectivity index (χ1) is 5.70. The summed E-state index contributed by atoms with van der Waals surface area (Å²) >= 11 is 0. The summed E-state index contributed by atoms with van der Waals surface area (Å²) in [6.45, 7) is 2.92. The SMILES string of the molecule is O=S1(=O)OCC1N1CCOCC1. The molecule has 2 saturated heterocycles. The summed E-state index contributed by atoms with van der Waals surface area (Å²) in [6.07, 6.45) is 0. The fourth-order valence-electron chi connectivity index (χ4n) is 1.39. The largest absolute Gasteiger partial charge is 0.379 e. The van der Waals surface area contributed by atoms with Crippen molar-refractivity contribution >= 4 is 10.1 Å². The van der Waals surface area contributed by atoms with Crippen molar-refractivity contribution in [2.24, 2.45) is 0 Å². The summed E-state index contributed by atoms with van der Waals surface area (Å²) in [5.41, 5.74) is 0. The van der Waals surface area contributed by atoms with Gasteiger partial charge >= 0.3 is 0 Å². The van der Waals surface area contributed by atoms with Crippen LogP contribution in [0.3, 0.4) is 0 Å². The van der Waals surface area contributed by atoms with Crippen molar-refractivity contribution in [3.8, 4) is 0 Å². The van der Waals surface area contributed by atoms with Crippen molar-refractivity contribution in [2.75, 3.05) is 32.9 Å². The number of nitrogens with zero attached hydrogens (tertiary/aromatic N) is 1. The third kappa shape index (κ3) is 1.35. The van der Waals surface area contributed by atoms with Crippen LogP contribution in [0.2, 0.25) is 0 Å². The zero-order valence-electron chi connectivity index (χ0n) is 6.60. The summed E-state index contributed by atoms with van der Waals surface area (Å²) in [7, 11) is -3.25. The van der Waals surface area contributed by atoms with E-state index in [0.29, 0.717) is 32.9 Å². The van der Waals surface area contributed by atoms with Gasteiger partial charge in [0.25, 0.3) is 10.1 Å². The average Bonchev–Trinajstić information content (AvgIpc) is 2.05. The molecule has 70 valence electrons. The van der Waals surface area contributed by atoms with Crippen molar-refractivity contribution < 1.29 is 17.3 Å². The monoisotopic (exact) mass is 193 g/mol. The van der Waals surface area contributed by atoms with Gasteiger partial charge in [0.2, 0.25) is 0 Å². The van der Waals surface area contributed by atoms with Gasteiger partial charge < -0.3 is 4.74 Å². The third-order valence-electron chi connectivity index (χ3n) is 2.16. The molecular weight excluding hydrogens is 182 g/mol. The van der Waals surface area contributed by atoms with Crippen LogP contribution in [0, 0.1) is 0 Å². The van der Waals surface area contributed by atoms with Gasteiger partial charge in [-0.15, -0.1) is 0 Å². The molecule has 6 heteroatoms. The minimum Gasteiger partial charge on any atom is -0.379 e. The maximum absolute atomic E-state index is 11.0. The molecule has 1 atom stereocenters. The molecule has 2 aliphatic rings. The van der Waals surface area contributed by atoms with Gasteiger partial charge in [-0.2, -0.15) is 8.42 Å². The smallest absolute Gasteiger partial charge is 0.286 e. The van der Waals surface area contributed by atoms with Gasteiger partial charge in [-0.1, -0.05) is 0 Å². The van der Waals surface area contributed by atoms with Crippen molar-refractivity contribution in [3.05, 3.63) is 0 Å². The molecule has 2 rings (SSSR count). The van der Waals surface area contributed by atoms with Gasteiger partial charge in [0.15, 0.2) is 5.37 Å². The van der Waals surface area contributed by atoms with Crippen molar-refractivity contribution in [1.29, 1.82) is 0 Å². The van der Waals surface area contributed by atoms with Gasteiger partial charge in [-0.3, -0.25) is 9.08 Å². The Labute approximate surface area is 71.4 Å². The zero-order chi connectivity index (χ0) is 8.60. The predicted molar refractivity (Wildman–Crippen MR) is 41.1 cm³/mol. The minimum atomic E-state index is -3.25. The quantitative estimate of drug-likeness (QED) is 0.500. The van der Waals surface area contributed by atoms with Crippen LogP contribution in [-0.2, 0) is 19.0 Å². The maximum atomic E-state index is 11.0. The fourth-order valence-corrected chi connectivity index (χ4v) is 2.45. The molecule has 5 nitrogen and oxygen atoms in total. The molecule has 1 unspecified atom stereocenters. The van der Waals surface area contributed by atoms with E-state index in [9.17, 15) is 8.42 Å². The first kappa shape index (κ1) is 8.43. The van der Waals surface area contributed by atoms with Crippen LogP contribution in [0.15, 0.2) is 0 Å². The van der Waals surface area contributed by atoms with E-state index in [-0.39, 0.29) is 0 Å². The molecule has 0 aromatic carbocycles. The summed E-state index contributed by atoms with van der Waals surface area (Å²) in [4.78, 5) is 1.89. The minimum absolute atomic E-state index is 0.308. The normalized spacial score (nSPS) is 35.8. The van der Waals surface area contributed by atoms with Crippen LogP contribution in [-0.4, -0.2) is 51.6 Å². The Bertz CT molecular complexity index is 257. The number of ether oxygens (including phenoxy) is 1. The highest BCUT2D eigenvalue weighted by atomic mass is 32.2. The number of rotatable bonds is 1. The molecule has 0 bridgehead atoms. The van der Waals surface area contributed by atoms with Gasteiger partial charge in [-0.25, -0.2) is 0 Å². The Morgan fingerprint density at radius 2 is 1.92 bits per heavy atom. The lowest BCUT2D eigenvalue weighted by atomic mass is 10.4. The topological polar surface area (TPSA) is 55.8 Å². The van der Waals surface area contributed by atoms with Crippen molar-refractivity contribution in [1.82, 2.24) is 4.90 Å². The highest BCUT2D eigenvalue weighted by Crippen LogP contribution is 2.21. The Hall–Kier alpha value is -0.170. The van der Waals surface area contributed by atoms with E-state index in [4.69, 9.17) is 4.74 Å². The molecule has 0 aromatic heterocycles. The van der Waals surface area contributed by atoms with Crippen molar-refractivity contribution in [3.63, 3.8) is 0 Å².